The summed E-state index contributed by atoms with van der Waals surface area (Å²) >= 11 is 5.67. The number of thiocarbonyl (C=S) groups is 1. The van der Waals surface area contributed by atoms with Crippen LogP contribution < -0.4 is 19.7 Å². The number of methoxy groups -OCH3 is 2. The molecular formula is C26H24FN3O4S. The molecule has 1 saturated heterocycles. The number of ether oxygens (including phenoxy) is 2. The van der Waals surface area contributed by atoms with E-state index in [1.54, 1.807) is 43.4 Å². The lowest BCUT2D eigenvalue weighted by Gasteiger charge is -2.24. The van der Waals surface area contributed by atoms with Crippen molar-refractivity contribution in [3.63, 3.8) is 0 Å². The Bertz CT molecular complexity index is 1240. The van der Waals surface area contributed by atoms with Gasteiger partial charge in [0.1, 0.15) is 11.9 Å². The topological polar surface area (TPSA) is 71.1 Å². The van der Waals surface area contributed by atoms with Crippen LogP contribution in [-0.4, -0.2) is 42.1 Å². The Labute approximate surface area is 208 Å². The molecule has 2 amide bonds. The summed E-state index contributed by atoms with van der Waals surface area (Å²) in [6, 6.07) is 19.1. The lowest BCUT2D eigenvalue weighted by Crippen LogP contribution is -2.37. The molecule has 0 radical (unpaired) electrons. The Hall–Kier alpha value is -3.98. The molecule has 0 aliphatic carbocycles. The average Bonchev–Trinajstić information content (AvgIpc) is 3.09. The van der Waals surface area contributed by atoms with Gasteiger partial charge in [0.2, 0.25) is 5.91 Å². The maximum atomic E-state index is 13.5. The molecule has 4 rings (SSSR count). The molecule has 35 heavy (non-hydrogen) atoms. The molecule has 1 aliphatic rings. The highest BCUT2D eigenvalue weighted by atomic mass is 32.1. The number of halogens is 1. The zero-order valence-corrected chi connectivity index (χ0v) is 20.0. The Kier molecular flexibility index (Phi) is 7.26. The van der Waals surface area contributed by atoms with Gasteiger partial charge >= 0.3 is 0 Å². The standard InChI is InChI=1S/C26H24FN3O4S/c1-33-22-13-8-17(14-23(22)34-2)16-29-21(15-24(31)28-19-6-4-3-5-7-19)25(32)30(26(29)35)20-11-9-18(27)10-12-20/h3-14,21H,15-16H2,1-2H3,(H,28,31)/t21-/m0/s1. The molecule has 1 heterocycles. The average molecular weight is 494 g/mol. The number of amides is 2. The van der Waals surface area contributed by atoms with Gasteiger partial charge in [-0.3, -0.25) is 14.5 Å². The van der Waals surface area contributed by atoms with E-state index in [-0.39, 0.29) is 29.9 Å². The summed E-state index contributed by atoms with van der Waals surface area (Å²) in [4.78, 5) is 29.4. The van der Waals surface area contributed by atoms with Crippen molar-refractivity contribution in [1.82, 2.24) is 4.90 Å². The summed E-state index contributed by atoms with van der Waals surface area (Å²) in [6.45, 7) is 0.256. The lowest BCUT2D eigenvalue weighted by atomic mass is 10.1. The molecule has 0 aromatic heterocycles. The molecule has 9 heteroatoms. The number of carbonyl (C=O) groups excluding carboxylic acids is 2. The Morgan fingerprint density at radius 2 is 1.69 bits per heavy atom. The minimum atomic E-state index is -0.843. The van der Waals surface area contributed by atoms with E-state index >= 15 is 0 Å². The van der Waals surface area contributed by atoms with Gasteiger partial charge in [-0.2, -0.15) is 0 Å². The maximum absolute atomic E-state index is 13.5. The van der Waals surface area contributed by atoms with Crippen LogP contribution in [0.5, 0.6) is 11.5 Å². The van der Waals surface area contributed by atoms with E-state index in [2.05, 4.69) is 5.32 Å². The predicted octanol–water partition coefficient (Wildman–Crippen LogP) is 4.37. The fraction of sp³-hybridized carbons (Fsp3) is 0.192. The summed E-state index contributed by atoms with van der Waals surface area (Å²) < 4.78 is 24.2. The van der Waals surface area contributed by atoms with E-state index in [0.717, 1.165) is 5.56 Å². The highest BCUT2D eigenvalue weighted by Gasteiger charge is 2.44. The van der Waals surface area contributed by atoms with E-state index < -0.39 is 11.9 Å². The van der Waals surface area contributed by atoms with Crippen LogP contribution in [-0.2, 0) is 16.1 Å². The highest BCUT2D eigenvalue weighted by molar-refractivity contribution is 7.80. The minimum absolute atomic E-state index is 0.112. The maximum Gasteiger partial charge on any atom is 0.256 e. The lowest BCUT2D eigenvalue weighted by molar-refractivity contribution is -0.124. The van der Waals surface area contributed by atoms with Crippen molar-refractivity contribution in [3.8, 4) is 11.5 Å². The first-order valence-corrected chi connectivity index (χ1v) is 11.3. The number of hydrogen-bond donors (Lipinski definition) is 1. The number of hydrogen-bond acceptors (Lipinski definition) is 5. The Balaban J connectivity index is 1.63. The fourth-order valence-corrected chi connectivity index (χ4v) is 4.31. The zero-order valence-electron chi connectivity index (χ0n) is 19.2. The summed E-state index contributed by atoms with van der Waals surface area (Å²) in [5.74, 6) is 0.00598. The normalized spacial score (nSPS) is 15.3. The molecule has 1 fully saturated rings. The summed E-state index contributed by atoms with van der Waals surface area (Å²) in [6.07, 6.45) is -0.112. The number of carbonyl (C=O) groups is 2. The predicted molar refractivity (Wildman–Crippen MR) is 135 cm³/mol. The Morgan fingerprint density at radius 1 is 1.00 bits per heavy atom. The van der Waals surface area contributed by atoms with Crippen molar-refractivity contribution < 1.29 is 23.5 Å². The molecule has 3 aromatic carbocycles. The second-order valence-corrected chi connectivity index (χ2v) is 8.25. The van der Waals surface area contributed by atoms with Gasteiger partial charge in [-0.15, -0.1) is 0 Å². The van der Waals surface area contributed by atoms with Crippen molar-refractivity contribution in [3.05, 3.63) is 84.2 Å². The summed E-state index contributed by atoms with van der Waals surface area (Å²) in [5.41, 5.74) is 1.88. The minimum Gasteiger partial charge on any atom is -0.493 e. The number of para-hydroxylation sites is 1. The van der Waals surface area contributed by atoms with Gasteiger partial charge in [-0.05, 0) is 66.3 Å². The number of benzene rings is 3. The first-order valence-electron chi connectivity index (χ1n) is 10.9. The van der Waals surface area contributed by atoms with Gasteiger partial charge in [0.15, 0.2) is 16.6 Å². The zero-order chi connectivity index (χ0) is 24.9. The van der Waals surface area contributed by atoms with Crippen LogP contribution >= 0.6 is 12.2 Å². The second-order valence-electron chi connectivity index (χ2n) is 7.88. The first kappa shape index (κ1) is 24.2. The van der Waals surface area contributed by atoms with Gasteiger partial charge in [0.05, 0.1) is 26.3 Å². The van der Waals surface area contributed by atoms with E-state index in [9.17, 15) is 14.0 Å². The number of nitrogens with one attached hydrogen (secondary N) is 1. The van der Waals surface area contributed by atoms with Crippen LogP contribution in [0, 0.1) is 5.82 Å². The third-order valence-electron chi connectivity index (χ3n) is 5.64. The first-order chi connectivity index (χ1) is 16.9. The number of rotatable bonds is 8. The van der Waals surface area contributed by atoms with Crippen LogP contribution in [0.3, 0.4) is 0 Å². The monoisotopic (exact) mass is 493 g/mol. The van der Waals surface area contributed by atoms with Crippen LogP contribution in [0.4, 0.5) is 15.8 Å². The molecule has 180 valence electrons. The molecule has 7 nitrogen and oxygen atoms in total. The summed E-state index contributed by atoms with van der Waals surface area (Å²) in [5, 5.41) is 3.05. The van der Waals surface area contributed by atoms with Crippen molar-refractivity contribution >= 4 is 40.5 Å². The smallest absolute Gasteiger partial charge is 0.256 e. The van der Waals surface area contributed by atoms with Crippen LogP contribution in [0.1, 0.15) is 12.0 Å². The number of nitrogens with zero attached hydrogens (tertiary/aromatic N) is 2. The van der Waals surface area contributed by atoms with Crippen LogP contribution in [0.15, 0.2) is 72.8 Å². The molecule has 1 N–H and O–H groups in total. The van der Waals surface area contributed by atoms with Crippen molar-refractivity contribution in [2.45, 2.75) is 19.0 Å². The third-order valence-corrected chi connectivity index (χ3v) is 6.06. The van der Waals surface area contributed by atoms with Gasteiger partial charge in [0.25, 0.3) is 5.91 Å². The van der Waals surface area contributed by atoms with Crippen molar-refractivity contribution in [1.29, 1.82) is 0 Å². The van der Waals surface area contributed by atoms with Crippen molar-refractivity contribution in [2.24, 2.45) is 0 Å². The van der Waals surface area contributed by atoms with Gasteiger partial charge in [-0.1, -0.05) is 24.3 Å². The quantitative estimate of drug-likeness (QED) is 0.470. The molecule has 1 atom stereocenters. The molecule has 3 aromatic rings. The summed E-state index contributed by atoms with van der Waals surface area (Å²) in [7, 11) is 3.09. The largest absolute Gasteiger partial charge is 0.493 e. The molecular weight excluding hydrogens is 469 g/mol. The third kappa shape index (κ3) is 5.25. The molecule has 1 aliphatic heterocycles. The van der Waals surface area contributed by atoms with Gasteiger partial charge in [-0.25, -0.2) is 4.39 Å². The van der Waals surface area contributed by atoms with Crippen LogP contribution in [0.2, 0.25) is 0 Å². The highest BCUT2D eigenvalue weighted by Crippen LogP contribution is 2.32. The fourth-order valence-electron chi connectivity index (χ4n) is 3.93. The molecule has 0 saturated carbocycles. The molecule has 0 bridgehead atoms. The van der Waals surface area contributed by atoms with E-state index in [1.165, 1.54) is 29.2 Å². The van der Waals surface area contributed by atoms with Gasteiger partial charge in [0, 0.05) is 12.2 Å². The van der Waals surface area contributed by atoms with E-state index in [0.29, 0.717) is 22.9 Å². The Morgan fingerprint density at radius 3 is 2.34 bits per heavy atom. The van der Waals surface area contributed by atoms with E-state index in [4.69, 9.17) is 21.7 Å². The second kappa shape index (κ2) is 10.5. The van der Waals surface area contributed by atoms with E-state index in [1.807, 2.05) is 24.3 Å². The molecule has 0 spiro atoms. The molecule has 0 unspecified atom stereocenters. The number of anilines is 2. The SMILES string of the molecule is COc1ccc(CN2C(=S)N(c3ccc(F)cc3)C(=O)[C@@H]2CC(=O)Nc2ccccc2)cc1OC. The van der Waals surface area contributed by atoms with Gasteiger partial charge < -0.3 is 19.7 Å². The van der Waals surface area contributed by atoms with Crippen LogP contribution in [0.25, 0.3) is 0 Å². The van der Waals surface area contributed by atoms with Crippen molar-refractivity contribution in [2.75, 3.05) is 24.4 Å².